The third kappa shape index (κ3) is 5.84. The van der Waals surface area contributed by atoms with Crippen molar-refractivity contribution in [3.63, 3.8) is 0 Å². The first-order chi connectivity index (χ1) is 11.0. The lowest BCUT2D eigenvalue weighted by molar-refractivity contribution is -0.140. The molecule has 0 bridgehead atoms. The number of amides is 1. The molecule has 126 valence electrons. The van der Waals surface area contributed by atoms with Crippen molar-refractivity contribution in [3.05, 3.63) is 34.9 Å². The number of hydrogen-bond donors (Lipinski definition) is 2. The molecule has 1 fully saturated rings. The van der Waals surface area contributed by atoms with E-state index >= 15 is 0 Å². The van der Waals surface area contributed by atoms with Crippen molar-refractivity contribution in [3.8, 4) is 0 Å². The maximum absolute atomic E-state index is 12.2. The van der Waals surface area contributed by atoms with Gasteiger partial charge in [0.2, 0.25) is 5.91 Å². The van der Waals surface area contributed by atoms with Gasteiger partial charge in [0.1, 0.15) is 0 Å². The zero-order valence-electron chi connectivity index (χ0n) is 13.0. The van der Waals surface area contributed by atoms with Crippen molar-refractivity contribution in [1.82, 2.24) is 5.32 Å². The van der Waals surface area contributed by atoms with Gasteiger partial charge in [-0.15, -0.1) is 0 Å². The van der Waals surface area contributed by atoms with Gasteiger partial charge in [-0.25, -0.2) is 0 Å². The molecule has 0 aromatic heterocycles. The van der Waals surface area contributed by atoms with E-state index in [1.165, 1.54) is 0 Å². The van der Waals surface area contributed by atoms with Crippen LogP contribution in [0.4, 0.5) is 0 Å². The van der Waals surface area contributed by atoms with E-state index in [1.54, 1.807) is 0 Å². The number of ether oxygens (including phenoxy) is 1. The highest BCUT2D eigenvalue weighted by Crippen LogP contribution is 2.25. The zero-order chi connectivity index (χ0) is 16.7. The van der Waals surface area contributed by atoms with Crippen LogP contribution in [0.1, 0.15) is 37.7 Å². The predicted molar refractivity (Wildman–Crippen MR) is 87.6 cm³/mol. The van der Waals surface area contributed by atoms with Gasteiger partial charge in [-0.2, -0.15) is 0 Å². The Kier molecular flexibility index (Phi) is 6.42. The molecule has 0 unspecified atom stereocenters. The molecular weight excluding hydrogens is 318 g/mol. The molecule has 5 nitrogen and oxygen atoms in total. The molecule has 1 aromatic rings. The molecule has 1 saturated heterocycles. The fraction of sp³-hybridized carbons (Fsp3) is 0.529. The van der Waals surface area contributed by atoms with E-state index in [4.69, 9.17) is 21.4 Å². The molecule has 6 heteroatoms. The number of benzene rings is 1. The van der Waals surface area contributed by atoms with E-state index in [-0.39, 0.29) is 12.3 Å². The van der Waals surface area contributed by atoms with Crippen molar-refractivity contribution >= 4 is 23.5 Å². The molecule has 1 aromatic carbocycles. The van der Waals surface area contributed by atoms with Crippen LogP contribution in [0.25, 0.3) is 0 Å². The summed E-state index contributed by atoms with van der Waals surface area (Å²) in [4.78, 5) is 23.3. The van der Waals surface area contributed by atoms with Gasteiger partial charge in [0.25, 0.3) is 0 Å². The van der Waals surface area contributed by atoms with E-state index in [2.05, 4.69) is 5.32 Å². The summed E-state index contributed by atoms with van der Waals surface area (Å²) in [5.41, 5.74) is 0.468. The summed E-state index contributed by atoms with van der Waals surface area (Å²) in [5.74, 6) is -0.990. The summed E-state index contributed by atoms with van der Waals surface area (Å²) >= 11 is 5.84. The summed E-state index contributed by atoms with van der Waals surface area (Å²) in [6, 6.07) is 7.57. The maximum Gasteiger partial charge on any atom is 0.305 e. The summed E-state index contributed by atoms with van der Waals surface area (Å²) in [7, 11) is 0. The molecule has 23 heavy (non-hydrogen) atoms. The smallest absolute Gasteiger partial charge is 0.305 e. The van der Waals surface area contributed by atoms with Crippen LogP contribution in [-0.4, -0.2) is 35.7 Å². The summed E-state index contributed by atoms with van der Waals surface area (Å²) in [6.45, 7) is 0.969. The van der Waals surface area contributed by atoms with Gasteiger partial charge in [-0.1, -0.05) is 23.7 Å². The summed E-state index contributed by atoms with van der Waals surface area (Å²) in [6.07, 6.45) is 2.92. The number of carboxylic acid groups (broad SMARTS) is 1. The van der Waals surface area contributed by atoms with Gasteiger partial charge in [-0.3, -0.25) is 9.59 Å². The lowest BCUT2D eigenvalue weighted by atomic mass is 9.86. The molecule has 1 aliphatic heterocycles. The Bertz CT molecular complexity index is 538. The van der Waals surface area contributed by atoms with Crippen molar-refractivity contribution in [2.24, 2.45) is 0 Å². The largest absolute Gasteiger partial charge is 0.481 e. The van der Waals surface area contributed by atoms with Crippen LogP contribution in [0.2, 0.25) is 5.02 Å². The van der Waals surface area contributed by atoms with Crippen LogP contribution in [0.15, 0.2) is 24.3 Å². The quantitative estimate of drug-likeness (QED) is 0.801. The molecule has 0 spiro atoms. The number of carbonyl (C=O) groups excluding carboxylic acids is 1. The first kappa shape index (κ1) is 17.8. The van der Waals surface area contributed by atoms with Crippen molar-refractivity contribution < 1.29 is 19.4 Å². The van der Waals surface area contributed by atoms with Crippen LogP contribution in [0.5, 0.6) is 0 Å². The highest BCUT2D eigenvalue weighted by molar-refractivity contribution is 6.30. The van der Waals surface area contributed by atoms with Crippen molar-refractivity contribution in [1.29, 1.82) is 0 Å². The van der Waals surface area contributed by atoms with Crippen LogP contribution < -0.4 is 5.32 Å². The first-order valence-electron chi connectivity index (χ1n) is 7.84. The first-order valence-corrected chi connectivity index (χ1v) is 8.22. The third-order valence-corrected chi connectivity index (χ3v) is 4.38. The molecule has 2 rings (SSSR count). The van der Waals surface area contributed by atoms with Gasteiger partial charge in [0.15, 0.2) is 0 Å². The van der Waals surface area contributed by atoms with Crippen molar-refractivity contribution in [2.75, 3.05) is 13.2 Å². The van der Waals surface area contributed by atoms with Crippen LogP contribution >= 0.6 is 11.6 Å². The Labute approximate surface area is 141 Å². The Balaban J connectivity index is 1.81. The van der Waals surface area contributed by atoms with Gasteiger partial charge < -0.3 is 15.2 Å². The van der Waals surface area contributed by atoms with E-state index < -0.39 is 11.5 Å². The van der Waals surface area contributed by atoms with Gasteiger partial charge >= 0.3 is 5.97 Å². The van der Waals surface area contributed by atoms with E-state index in [1.807, 2.05) is 24.3 Å². The highest BCUT2D eigenvalue weighted by atomic mass is 35.5. The normalized spacial score (nSPS) is 16.7. The average Bonchev–Trinajstić information content (AvgIpc) is 2.49. The van der Waals surface area contributed by atoms with Crippen LogP contribution in [0, 0.1) is 0 Å². The minimum atomic E-state index is -0.895. The molecule has 0 saturated carbocycles. The topological polar surface area (TPSA) is 75.6 Å². The lowest BCUT2D eigenvalue weighted by Crippen LogP contribution is -2.53. The van der Waals surface area contributed by atoms with E-state index in [9.17, 15) is 9.59 Å². The predicted octanol–water partition coefficient (Wildman–Crippen LogP) is 2.80. The van der Waals surface area contributed by atoms with Crippen LogP contribution in [-0.2, 0) is 20.7 Å². The fourth-order valence-corrected chi connectivity index (χ4v) is 2.99. The second kappa shape index (κ2) is 8.31. The Morgan fingerprint density at radius 3 is 2.48 bits per heavy atom. The van der Waals surface area contributed by atoms with Gasteiger partial charge in [0, 0.05) is 24.7 Å². The molecule has 0 atom stereocenters. The van der Waals surface area contributed by atoms with E-state index in [0.717, 1.165) is 12.0 Å². The van der Waals surface area contributed by atoms with E-state index in [0.29, 0.717) is 43.9 Å². The second-order valence-corrected chi connectivity index (χ2v) is 6.43. The number of hydrogen-bond acceptors (Lipinski definition) is 3. The fourth-order valence-electron chi connectivity index (χ4n) is 2.86. The third-order valence-electron chi connectivity index (χ3n) is 4.13. The second-order valence-electron chi connectivity index (χ2n) is 5.99. The lowest BCUT2D eigenvalue weighted by Gasteiger charge is -2.36. The number of halogens is 1. The Hall–Kier alpha value is -1.59. The number of aliphatic carboxylic acids is 1. The maximum atomic E-state index is 12.2. The van der Waals surface area contributed by atoms with Gasteiger partial charge in [-0.05, 0) is 43.4 Å². The summed E-state index contributed by atoms with van der Waals surface area (Å²) in [5, 5.41) is 12.7. The number of nitrogens with one attached hydrogen (secondary N) is 1. The molecule has 0 aliphatic carbocycles. The molecule has 1 aliphatic rings. The minimum absolute atomic E-state index is 0.0563. The molecular formula is C17H22ClNO4. The van der Waals surface area contributed by atoms with Crippen molar-refractivity contribution in [2.45, 2.75) is 44.1 Å². The minimum Gasteiger partial charge on any atom is -0.481 e. The molecule has 2 N–H and O–H groups in total. The molecule has 1 heterocycles. The summed E-state index contributed by atoms with van der Waals surface area (Å²) < 4.78 is 5.28. The molecule has 1 amide bonds. The SMILES string of the molecule is O=C(O)CC1(NC(=O)CCCc2ccc(Cl)cc2)CCOCC1. The molecule has 0 radical (unpaired) electrons. The number of carbonyl (C=O) groups is 2. The zero-order valence-corrected chi connectivity index (χ0v) is 13.8. The monoisotopic (exact) mass is 339 g/mol. The standard InChI is InChI=1S/C17H22ClNO4/c18-14-6-4-13(5-7-14)2-1-3-15(20)19-17(12-16(21)22)8-10-23-11-9-17/h4-7H,1-3,8-12H2,(H,19,20)(H,21,22). The Morgan fingerprint density at radius 2 is 1.87 bits per heavy atom. The number of aryl methyl sites for hydroxylation is 1. The average molecular weight is 340 g/mol. The van der Waals surface area contributed by atoms with Gasteiger partial charge in [0.05, 0.1) is 12.0 Å². The highest BCUT2D eigenvalue weighted by Gasteiger charge is 2.36. The number of carboxylic acids is 1. The Morgan fingerprint density at radius 1 is 1.22 bits per heavy atom. The number of rotatable bonds is 7. The van der Waals surface area contributed by atoms with Crippen LogP contribution in [0.3, 0.4) is 0 Å².